The summed E-state index contributed by atoms with van der Waals surface area (Å²) in [7, 11) is 1.27. The molecule has 0 heterocycles. The van der Waals surface area contributed by atoms with Crippen LogP contribution in [0.2, 0.25) is 0 Å². The largest absolute Gasteiger partial charge is 0.494 e. The molecule has 0 radical (unpaired) electrons. The molecular weight excluding hydrogens is 276 g/mol. The summed E-state index contributed by atoms with van der Waals surface area (Å²) in [5.41, 5.74) is 0.0799. The predicted octanol–water partition coefficient (Wildman–Crippen LogP) is 3.46. The molecule has 2 aromatic carbocycles. The van der Waals surface area contributed by atoms with Crippen molar-refractivity contribution in [3.63, 3.8) is 0 Å². The standard InChI is InChI=1S/C16H11F2NO2/c1-21-15-8-10(6-7-14(15)18)16(20)12(9-19)11-4-2-3-5-13(11)17/h2-8,12H,1H3. The zero-order valence-electron chi connectivity index (χ0n) is 11.1. The molecule has 3 nitrogen and oxygen atoms in total. The Morgan fingerprint density at radius 3 is 2.52 bits per heavy atom. The number of halogens is 2. The molecular formula is C16H11F2NO2. The zero-order valence-corrected chi connectivity index (χ0v) is 11.1. The van der Waals surface area contributed by atoms with E-state index < -0.39 is 23.3 Å². The van der Waals surface area contributed by atoms with Crippen molar-refractivity contribution in [2.24, 2.45) is 0 Å². The molecule has 1 unspecified atom stereocenters. The van der Waals surface area contributed by atoms with Crippen LogP contribution < -0.4 is 4.74 Å². The number of ketones is 1. The molecule has 5 heteroatoms. The van der Waals surface area contributed by atoms with Gasteiger partial charge in [0.25, 0.3) is 0 Å². The topological polar surface area (TPSA) is 50.1 Å². The summed E-state index contributed by atoms with van der Waals surface area (Å²) in [6.45, 7) is 0. The first kappa shape index (κ1) is 14.7. The van der Waals surface area contributed by atoms with Gasteiger partial charge in [-0.1, -0.05) is 18.2 Å². The molecule has 106 valence electrons. The van der Waals surface area contributed by atoms with Crippen molar-refractivity contribution in [3.8, 4) is 11.8 Å². The maximum absolute atomic E-state index is 13.7. The monoisotopic (exact) mass is 287 g/mol. The minimum atomic E-state index is -1.29. The second kappa shape index (κ2) is 6.14. The van der Waals surface area contributed by atoms with E-state index >= 15 is 0 Å². The van der Waals surface area contributed by atoms with Crippen molar-refractivity contribution in [3.05, 3.63) is 65.2 Å². The fourth-order valence-corrected chi connectivity index (χ4v) is 1.96. The third-order valence-corrected chi connectivity index (χ3v) is 3.04. The van der Waals surface area contributed by atoms with Crippen LogP contribution in [0, 0.1) is 23.0 Å². The summed E-state index contributed by atoms with van der Waals surface area (Å²) < 4.78 is 31.9. The van der Waals surface area contributed by atoms with Crippen molar-refractivity contribution in [1.82, 2.24) is 0 Å². The van der Waals surface area contributed by atoms with Crippen molar-refractivity contribution in [1.29, 1.82) is 5.26 Å². The molecule has 1 atom stereocenters. The second-order valence-corrected chi connectivity index (χ2v) is 4.30. The molecule has 0 amide bonds. The Morgan fingerprint density at radius 1 is 1.19 bits per heavy atom. The van der Waals surface area contributed by atoms with Gasteiger partial charge in [0.15, 0.2) is 17.3 Å². The summed E-state index contributed by atoms with van der Waals surface area (Å²) in [6, 6.07) is 10.9. The first-order valence-electron chi connectivity index (χ1n) is 6.10. The van der Waals surface area contributed by atoms with Crippen molar-refractivity contribution in [2.45, 2.75) is 5.92 Å². The van der Waals surface area contributed by atoms with E-state index in [4.69, 9.17) is 4.74 Å². The number of nitriles is 1. The van der Waals surface area contributed by atoms with Gasteiger partial charge in [0.2, 0.25) is 0 Å². The number of carbonyl (C=O) groups excluding carboxylic acids is 1. The number of benzene rings is 2. The van der Waals surface area contributed by atoms with Gasteiger partial charge in [-0.05, 0) is 24.3 Å². The Bertz CT molecular complexity index is 722. The lowest BCUT2D eigenvalue weighted by Crippen LogP contribution is -2.13. The predicted molar refractivity (Wildman–Crippen MR) is 72.0 cm³/mol. The molecule has 0 saturated carbocycles. The quantitative estimate of drug-likeness (QED) is 0.809. The lowest BCUT2D eigenvalue weighted by atomic mass is 9.91. The lowest BCUT2D eigenvalue weighted by molar-refractivity contribution is 0.0977. The minimum Gasteiger partial charge on any atom is -0.494 e. The highest BCUT2D eigenvalue weighted by atomic mass is 19.1. The van der Waals surface area contributed by atoms with Gasteiger partial charge in [0.1, 0.15) is 11.7 Å². The molecule has 0 N–H and O–H groups in total. The molecule has 0 aromatic heterocycles. The van der Waals surface area contributed by atoms with Crippen LogP contribution in [0.15, 0.2) is 42.5 Å². The van der Waals surface area contributed by atoms with Crippen LogP contribution in [0.1, 0.15) is 21.8 Å². The van der Waals surface area contributed by atoms with Crippen LogP contribution >= 0.6 is 0 Å². The number of methoxy groups -OCH3 is 1. The van der Waals surface area contributed by atoms with Crippen LogP contribution in [0.3, 0.4) is 0 Å². The average molecular weight is 287 g/mol. The van der Waals surface area contributed by atoms with Gasteiger partial charge in [0, 0.05) is 11.1 Å². The van der Waals surface area contributed by atoms with Crippen molar-refractivity contribution in [2.75, 3.05) is 7.11 Å². The number of rotatable bonds is 4. The van der Waals surface area contributed by atoms with E-state index in [2.05, 4.69) is 0 Å². The highest BCUT2D eigenvalue weighted by Gasteiger charge is 2.25. The molecule has 0 spiro atoms. The fourth-order valence-electron chi connectivity index (χ4n) is 1.96. The van der Waals surface area contributed by atoms with E-state index in [1.807, 2.05) is 0 Å². The molecule has 0 fully saturated rings. The van der Waals surface area contributed by atoms with Gasteiger partial charge in [0.05, 0.1) is 13.2 Å². The van der Waals surface area contributed by atoms with E-state index in [0.29, 0.717) is 0 Å². The first-order valence-corrected chi connectivity index (χ1v) is 6.10. The lowest BCUT2D eigenvalue weighted by Gasteiger charge is -2.11. The SMILES string of the molecule is COc1cc(C(=O)C(C#N)c2ccccc2F)ccc1F. The summed E-state index contributed by atoms with van der Waals surface area (Å²) in [5.74, 6) is -3.26. The number of ether oxygens (including phenoxy) is 1. The zero-order chi connectivity index (χ0) is 15.4. The van der Waals surface area contributed by atoms with Crippen LogP contribution in [-0.4, -0.2) is 12.9 Å². The summed E-state index contributed by atoms with van der Waals surface area (Å²) in [6.07, 6.45) is 0. The van der Waals surface area contributed by atoms with Crippen LogP contribution in [0.4, 0.5) is 8.78 Å². The van der Waals surface area contributed by atoms with Crippen molar-refractivity contribution >= 4 is 5.78 Å². The third kappa shape index (κ3) is 2.90. The number of nitrogens with zero attached hydrogens (tertiary/aromatic N) is 1. The van der Waals surface area contributed by atoms with Gasteiger partial charge < -0.3 is 4.74 Å². The maximum atomic E-state index is 13.7. The molecule has 0 bridgehead atoms. The molecule has 2 aromatic rings. The Hall–Kier alpha value is -2.74. The Balaban J connectivity index is 2.43. The molecule has 21 heavy (non-hydrogen) atoms. The van der Waals surface area contributed by atoms with Gasteiger partial charge in [-0.2, -0.15) is 5.26 Å². The summed E-state index contributed by atoms with van der Waals surface area (Å²) >= 11 is 0. The van der Waals surface area contributed by atoms with E-state index in [1.165, 1.54) is 37.4 Å². The highest BCUT2D eigenvalue weighted by Crippen LogP contribution is 2.26. The molecule has 0 aliphatic rings. The van der Waals surface area contributed by atoms with Gasteiger partial charge in [-0.3, -0.25) is 4.79 Å². The van der Waals surface area contributed by atoms with E-state index in [9.17, 15) is 18.8 Å². The summed E-state index contributed by atoms with van der Waals surface area (Å²) in [5, 5.41) is 9.17. The average Bonchev–Trinajstić information content (AvgIpc) is 2.50. The number of hydrogen-bond acceptors (Lipinski definition) is 3. The Morgan fingerprint density at radius 2 is 1.90 bits per heavy atom. The molecule has 0 saturated heterocycles. The molecule has 0 aliphatic carbocycles. The maximum Gasteiger partial charge on any atom is 0.184 e. The van der Waals surface area contributed by atoms with Gasteiger partial charge >= 0.3 is 0 Å². The first-order chi connectivity index (χ1) is 10.1. The number of hydrogen-bond donors (Lipinski definition) is 0. The van der Waals surface area contributed by atoms with Crippen LogP contribution in [-0.2, 0) is 0 Å². The van der Waals surface area contributed by atoms with E-state index in [-0.39, 0.29) is 16.9 Å². The fraction of sp³-hybridized carbons (Fsp3) is 0.125. The molecule has 2 rings (SSSR count). The van der Waals surface area contributed by atoms with Crippen LogP contribution in [0.25, 0.3) is 0 Å². The smallest absolute Gasteiger partial charge is 0.184 e. The van der Waals surface area contributed by atoms with Gasteiger partial charge in [-0.15, -0.1) is 0 Å². The minimum absolute atomic E-state index is 0.00621. The number of carbonyl (C=O) groups is 1. The van der Waals surface area contributed by atoms with Crippen LogP contribution in [0.5, 0.6) is 5.75 Å². The normalized spacial score (nSPS) is 11.5. The van der Waals surface area contributed by atoms with Gasteiger partial charge in [-0.25, -0.2) is 8.78 Å². The van der Waals surface area contributed by atoms with Crippen molar-refractivity contribution < 1.29 is 18.3 Å². The highest BCUT2D eigenvalue weighted by molar-refractivity contribution is 6.03. The second-order valence-electron chi connectivity index (χ2n) is 4.30. The molecule has 0 aliphatic heterocycles. The Kier molecular flexibility index (Phi) is 4.29. The summed E-state index contributed by atoms with van der Waals surface area (Å²) in [4.78, 5) is 12.3. The van der Waals surface area contributed by atoms with E-state index in [0.717, 1.165) is 6.07 Å². The Labute approximate surface area is 120 Å². The van der Waals surface area contributed by atoms with E-state index in [1.54, 1.807) is 12.1 Å². The number of Topliss-reactive ketones (excluding diaryl/α,β-unsaturated/α-hetero) is 1. The third-order valence-electron chi connectivity index (χ3n) is 3.04.